The quantitative estimate of drug-likeness (QED) is 0.541. The Morgan fingerprint density at radius 1 is 0.903 bits per heavy atom. The van der Waals surface area contributed by atoms with Crippen molar-refractivity contribution < 1.29 is 29.9 Å². The molecule has 1 spiro atoms. The molecule has 31 heavy (non-hydrogen) atoms. The fourth-order valence-electron chi connectivity index (χ4n) is 9.41. The Bertz CT molecular complexity index is 712. The Hall–Kier alpha value is -0.240. The SMILES string of the molecule is CC1(C)C[C@H](O)C[C@@]2(C)[C@H]1CC[C@H]1C[C@H]3C[C@]12CC[C@]3(C)O[C@@H]1O[C@@H](CO)[C@H](O)[C@H]1O. The van der Waals surface area contributed by atoms with Crippen LogP contribution in [0.5, 0.6) is 0 Å². The number of ether oxygens (including phenoxy) is 2. The summed E-state index contributed by atoms with van der Waals surface area (Å²) < 4.78 is 12.1. The first kappa shape index (κ1) is 22.5. The zero-order valence-electron chi connectivity index (χ0n) is 19.6. The number of aliphatic hydroxyl groups is 4. The van der Waals surface area contributed by atoms with Crippen LogP contribution >= 0.6 is 0 Å². The lowest BCUT2D eigenvalue weighted by Gasteiger charge is -2.66. The predicted octanol–water partition coefficient (Wildman–Crippen LogP) is 2.60. The molecule has 0 aromatic rings. The van der Waals surface area contributed by atoms with E-state index in [-0.39, 0.29) is 29.0 Å². The van der Waals surface area contributed by atoms with Crippen molar-refractivity contribution >= 4 is 0 Å². The number of aliphatic hydroxyl groups excluding tert-OH is 4. The smallest absolute Gasteiger partial charge is 0.187 e. The van der Waals surface area contributed by atoms with Gasteiger partial charge >= 0.3 is 0 Å². The maximum atomic E-state index is 10.8. The molecule has 4 N–H and O–H groups in total. The van der Waals surface area contributed by atoms with Gasteiger partial charge in [0, 0.05) is 0 Å². The molecule has 5 aliphatic rings. The number of hydrogen-bond acceptors (Lipinski definition) is 6. The number of rotatable bonds is 3. The van der Waals surface area contributed by atoms with Crippen molar-refractivity contribution in [3.63, 3.8) is 0 Å². The molecule has 6 nitrogen and oxygen atoms in total. The molecule has 5 fully saturated rings. The van der Waals surface area contributed by atoms with Gasteiger partial charge in [0.2, 0.25) is 0 Å². The van der Waals surface area contributed by atoms with Crippen LogP contribution in [-0.2, 0) is 9.47 Å². The molecule has 5 rings (SSSR count). The Morgan fingerprint density at radius 2 is 1.65 bits per heavy atom. The lowest BCUT2D eigenvalue weighted by molar-refractivity contribution is -0.255. The zero-order chi connectivity index (χ0) is 22.4. The summed E-state index contributed by atoms with van der Waals surface area (Å²) in [7, 11) is 0. The minimum atomic E-state index is -1.13. The first-order valence-corrected chi connectivity index (χ1v) is 12.4. The van der Waals surface area contributed by atoms with Crippen LogP contribution in [-0.4, -0.2) is 63.3 Å². The minimum Gasteiger partial charge on any atom is -0.394 e. The maximum absolute atomic E-state index is 10.8. The van der Waals surface area contributed by atoms with Gasteiger partial charge in [0.25, 0.3) is 0 Å². The zero-order valence-corrected chi connectivity index (χ0v) is 19.6. The van der Waals surface area contributed by atoms with Gasteiger partial charge in [0.1, 0.15) is 18.3 Å². The molecule has 4 aliphatic carbocycles. The first-order valence-electron chi connectivity index (χ1n) is 12.4. The van der Waals surface area contributed by atoms with Crippen molar-refractivity contribution in [3.8, 4) is 0 Å². The topological polar surface area (TPSA) is 99.4 Å². The van der Waals surface area contributed by atoms with Crippen molar-refractivity contribution in [2.75, 3.05) is 6.61 Å². The molecule has 178 valence electrons. The molecule has 1 aliphatic heterocycles. The molecule has 1 saturated heterocycles. The third-order valence-corrected chi connectivity index (χ3v) is 10.9. The molecule has 0 aromatic heterocycles. The van der Waals surface area contributed by atoms with Gasteiger partial charge in [0.15, 0.2) is 6.29 Å². The summed E-state index contributed by atoms with van der Waals surface area (Å²) in [5, 5.41) is 40.8. The highest BCUT2D eigenvalue weighted by atomic mass is 16.7. The van der Waals surface area contributed by atoms with E-state index >= 15 is 0 Å². The van der Waals surface area contributed by atoms with Crippen LogP contribution in [0.1, 0.15) is 79.1 Å². The summed E-state index contributed by atoms with van der Waals surface area (Å²) in [4.78, 5) is 0. The standard InChI is InChI=1S/C25H42O6/c1-22(2)11-16(27)12-23(3)18(22)6-5-14-9-15-10-25(14,23)8-7-24(15,4)31-21-20(29)19(28)17(13-26)30-21/h14-21,26-29H,5-13H2,1-4H3/t14-,15-,16-,17-,18-,19-,20+,21-,23-,24-,25+/m0/s1. The normalized spacial score (nSPS) is 58.1. The van der Waals surface area contributed by atoms with Crippen molar-refractivity contribution in [2.45, 2.75) is 115 Å². The fourth-order valence-corrected chi connectivity index (χ4v) is 9.41. The van der Waals surface area contributed by atoms with E-state index < -0.39 is 30.2 Å². The average molecular weight is 439 g/mol. The summed E-state index contributed by atoms with van der Waals surface area (Å²) in [6.07, 6.45) is 4.39. The monoisotopic (exact) mass is 438 g/mol. The minimum absolute atomic E-state index is 0.148. The predicted molar refractivity (Wildman–Crippen MR) is 115 cm³/mol. The van der Waals surface area contributed by atoms with Crippen LogP contribution in [0.2, 0.25) is 0 Å². The lowest BCUT2D eigenvalue weighted by Crippen LogP contribution is -2.60. The van der Waals surface area contributed by atoms with E-state index in [1.807, 2.05) is 0 Å². The van der Waals surface area contributed by atoms with Crippen LogP contribution in [0.25, 0.3) is 0 Å². The summed E-state index contributed by atoms with van der Waals surface area (Å²) in [6.45, 7) is 9.02. The van der Waals surface area contributed by atoms with Crippen molar-refractivity contribution in [1.82, 2.24) is 0 Å². The molecular weight excluding hydrogens is 396 g/mol. The van der Waals surface area contributed by atoms with Gasteiger partial charge in [0.05, 0.1) is 18.3 Å². The lowest BCUT2D eigenvalue weighted by atomic mass is 9.39. The molecule has 0 amide bonds. The van der Waals surface area contributed by atoms with Crippen molar-refractivity contribution in [2.24, 2.45) is 34.0 Å². The molecule has 1 heterocycles. The Kier molecular flexibility index (Phi) is 5.19. The summed E-state index contributed by atoms with van der Waals surface area (Å²) in [5.74, 6) is 1.68. The van der Waals surface area contributed by atoms with Crippen molar-refractivity contribution in [1.29, 1.82) is 0 Å². The molecule has 0 aromatic carbocycles. The highest BCUT2D eigenvalue weighted by Crippen LogP contribution is 2.75. The summed E-state index contributed by atoms with van der Waals surface area (Å²) in [5.41, 5.74) is 0.158. The largest absolute Gasteiger partial charge is 0.394 e. The van der Waals surface area contributed by atoms with E-state index in [1.165, 1.54) is 12.8 Å². The molecule has 6 heteroatoms. The number of hydrogen-bond donors (Lipinski definition) is 4. The van der Waals surface area contributed by atoms with E-state index in [2.05, 4.69) is 27.7 Å². The molecule has 4 saturated carbocycles. The number of fused-ring (bicyclic) bond motifs is 2. The summed E-state index contributed by atoms with van der Waals surface area (Å²) in [6, 6.07) is 0. The second kappa shape index (κ2) is 7.13. The average Bonchev–Trinajstić information content (AvgIpc) is 3.16. The Balaban J connectivity index is 1.40. The third-order valence-electron chi connectivity index (χ3n) is 10.9. The fraction of sp³-hybridized carbons (Fsp3) is 1.00. The molecular formula is C25H42O6. The van der Waals surface area contributed by atoms with E-state index in [1.54, 1.807) is 0 Å². The summed E-state index contributed by atoms with van der Waals surface area (Å²) >= 11 is 0. The van der Waals surface area contributed by atoms with Gasteiger partial charge in [-0.2, -0.15) is 0 Å². The van der Waals surface area contributed by atoms with Crippen LogP contribution in [0.3, 0.4) is 0 Å². The van der Waals surface area contributed by atoms with Crippen molar-refractivity contribution in [3.05, 3.63) is 0 Å². The van der Waals surface area contributed by atoms with E-state index in [4.69, 9.17) is 9.47 Å². The van der Waals surface area contributed by atoms with Gasteiger partial charge in [-0.3, -0.25) is 0 Å². The van der Waals surface area contributed by atoms with Crippen LogP contribution in [0.15, 0.2) is 0 Å². The maximum Gasteiger partial charge on any atom is 0.187 e. The van der Waals surface area contributed by atoms with Gasteiger partial charge in [-0.15, -0.1) is 0 Å². The second-order valence-electron chi connectivity index (χ2n) is 12.7. The van der Waals surface area contributed by atoms with E-state index in [0.717, 1.165) is 38.5 Å². The highest BCUT2D eigenvalue weighted by molar-refractivity contribution is 5.18. The molecule has 2 bridgehead atoms. The Labute approximate surface area is 186 Å². The Morgan fingerprint density at radius 3 is 2.32 bits per heavy atom. The first-order chi connectivity index (χ1) is 14.5. The van der Waals surface area contributed by atoms with E-state index in [9.17, 15) is 20.4 Å². The van der Waals surface area contributed by atoms with Gasteiger partial charge in [-0.1, -0.05) is 20.8 Å². The van der Waals surface area contributed by atoms with Gasteiger partial charge in [-0.25, -0.2) is 0 Å². The van der Waals surface area contributed by atoms with Crippen LogP contribution in [0.4, 0.5) is 0 Å². The molecule has 11 atom stereocenters. The van der Waals surface area contributed by atoms with E-state index in [0.29, 0.717) is 17.8 Å². The van der Waals surface area contributed by atoms with Crippen LogP contribution < -0.4 is 0 Å². The highest BCUT2D eigenvalue weighted by Gasteiger charge is 2.69. The van der Waals surface area contributed by atoms with Gasteiger partial charge < -0.3 is 29.9 Å². The molecule has 0 radical (unpaired) electrons. The van der Waals surface area contributed by atoms with Crippen LogP contribution in [0, 0.1) is 34.0 Å². The van der Waals surface area contributed by atoms with Gasteiger partial charge in [-0.05, 0) is 92.3 Å². The molecule has 0 unspecified atom stereocenters. The third kappa shape index (κ3) is 3.05. The second-order valence-corrected chi connectivity index (χ2v) is 12.7.